The second-order valence-electron chi connectivity index (χ2n) is 7.33. The van der Waals surface area contributed by atoms with E-state index in [9.17, 15) is 11.6 Å². The second-order valence-corrected chi connectivity index (χ2v) is 7.33. The number of hydrogen-bond donors (Lipinski definition) is 1. The molecule has 4 atom stereocenters. The maximum atomic E-state index is 13.7. The van der Waals surface area contributed by atoms with Crippen molar-refractivity contribution in [2.24, 2.45) is 23.4 Å². The predicted molar refractivity (Wildman–Crippen MR) is 118 cm³/mol. The lowest BCUT2D eigenvalue weighted by molar-refractivity contribution is -0.160. The number of piperidine rings is 1. The van der Waals surface area contributed by atoms with Crippen molar-refractivity contribution >= 4 is 5.97 Å². The van der Waals surface area contributed by atoms with E-state index in [0.29, 0.717) is 4.90 Å². The number of carbonyl (C=O) groups is 1. The predicted octanol–water partition coefficient (Wildman–Crippen LogP) is 3.56. The first kappa shape index (κ1) is 8.99. The highest BCUT2D eigenvalue weighted by atomic mass is 16.5. The molecule has 1 saturated heterocycles. The van der Waals surface area contributed by atoms with E-state index in [4.69, 9.17) is 37.8 Å². The molecule has 30 heavy (non-hydrogen) atoms. The molecule has 0 aliphatic carbocycles. The van der Waals surface area contributed by atoms with Crippen LogP contribution in [-0.2, 0) is 16.0 Å². The van der Waals surface area contributed by atoms with Crippen molar-refractivity contribution in [3.05, 3.63) is 23.3 Å². The number of esters is 1. The van der Waals surface area contributed by atoms with Crippen molar-refractivity contribution in [3.8, 4) is 11.5 Å². The number of ether oxygens (including phenoxy) is 3. The Morgan fingerprint density at radius 3 is 2.83 bits per heavy atom. The third-order valence-corrected chi connectivity index (χ3v) is 4.70. The Hall–Kier alpha value is -1.79. The van der Waals surface area contributed by atoms with Gasteiger partial charge >= 0.3 is 5.97 Å². The summed E-state index contributed by atoms with van der Waals surface area (Å²) in [6.45, 7) is -8.72. The molecule has 0 saturated carbocycles. The van der Waals surface area contributed by atoms with E-state index in [1.165, 1.54) is 13.8 Å². The van der Waals surface area contributed by atoms with Crippen LogP contribution in [0.4, 0.5) is 0 Å². The lowest BCUT2D eigenvalue weighted by Crippen LogP contribution is -2.51. The summed E-state index contributed by atoms with van der Waals surface area (Å²) in [5.41, 5.74) is 5.31. The van der Waals surface area contributed by atoms with Gasteiger partial charge in [0.15, 0.2) is 11.5 Å². The topological polar surface area (TPSA) is 74.0 Å². The van der Waals surface area contributed by atoms with Gasteiger partial charge in [-0.15, -0.1) is 0 Å². The fraction of sp³-hybridized carbons (Fsp3) is 0.708. The maximum absolute atomic E-state index is 13.7. The Morgan fingerprint density at radius 2 is 2.17 bits per heavy atom. The van der Waals surface area contributed by atoms with E-state index in [1.807, 2.05) is 0 Å². The molecule has 2 aliphatic heterocycles. The molecule has 1 aromatic carbocycles. The third kappa shape index (κ3) is 4.75. The first-order valence-corrected chi connectivity index (χ1v) is 9.36. The van der Waals surface area contributed by atoms with Crippen LogP contribution in [0.25, 0.3) is 0 Å². The minimum atomic E-state index is -4.14. The summed E-state index contributed by atoms with van der Waals surface area (Å²) in [5.74, 6) is -11.2. The third-order valence-electron chi connectivity index (χ3n) is 4.70. The van der Waals surface area contributed by atoms with Gasteiger partial charge in [-0.3, -0.25) is 9.69 Å². The number of methoxy groups -OCH3 is 2. The monoisotopic (exact) mass is 436 g/mol. The molecule has 0 radical (unpaired) electrons. The van der Waals surface area contributed by atoms with Crippen molar-refractivity contribution in [1.82, 2.24) is 4.90 Å². The number of carbonyl (C=O) groups excluding carboxylic acids is 1. The number of fused-ring (bicyclic) bond motifs is 3. The Balaban J connectivity index is 2.41. The molecule has 3 unspecified atom stereocenters. The number of benzene rings is 1. The van der Waals surface area contributed by atoms with Gasteiger partial charge in [-0.25, -0.2) is 0 Å². The molecule has 6 heteroatoms. The Labute approximate surface area is 206 Å². The van der Waals surface area contributed by atoms with Gasteiger partial charge in [0.25, 0.3) is 0 Å². The zero-order valence-electron chi connectivity index (χ0n) is 35.0. The van der Waals surface area contributed by atoms with Gasteiger partial charge in [0, 0.05) is 47.8 Å². The quantitative estimate of drug-likeness (QED) is 0.659. The molecular weight excluding hydrogens is 380 g/mol. The summed E-state index contributed by atoms with van der Waals surface area (Å²) in [6, 6.07) is -5.09. The maximum Gasteiger partial charge on any atom is 0.323 e. The van der Waals surface area contributed by atoms with E-state index in [0.717, 1.165) is 19.2 Å². The summed E-state index contributed by atoms with van der Waals surface area (Å²) >= 11 is 0. The average Bonchev–Trinajstić information content (AvgIpc) is 2.88. The van der Waals surface area contributed by atoms with E-state index >= 15 is 0 Å². The van der Waals surface area contributed by atoms with Crippen LogP contribution < -0.4 is 15.2 Å². The summed E-state index contributed by atoms with van der Waals surface area (Å²) in [6.07, 6.45) is -8.50. The van der Waals surface area contributed by atoms with Gasteiger partial charge in [-0.1, -0.05) is 27.6 Å². The molecule has 0 spiro atoms. The SMILES string of the molecule is [2H]C([2H])([2H])Oc1cc2c(cc1OC)C1([2H])N(CC2)C([2H])([2H])C([2H])(CC(C)C)C([2H])(OC(=O)[C@@]([2H])(N)C([2H])(C([2H])([2H])[2H])C([2H])([2H])[2H])C1([2H])[2H]. The van der Waals surface area contributed by atoms with E-state index in [1.54, 1.807) is 0 Å². The van der Waals surface area contributed by atoms with E-state index in [2.05, 4.69) is 0 Å². The highest BCUT2D eigenvalue weighted by molar-refractivity contribution is 5.76. The molecule has 6 nitrogen and oxygen atoms in total. The highest BCUT2D eigenvalue weighted by Gasteiger charge is 2.41. The second kappa shape index (κ2) is 9.56. The first-order chi connectivity index (χ1) is 21.2. The molecule has 0 amide bonds. The summed E-state index contributed by atoms with van der Waals surface area (Å²) in [4.78, 5) is 14.4. The van der Waals surface area contributed by atoms with Gasteiger partial charge in [0.2, 0.25) is 0 Å². The molecule has 1 fully saturated rings. The van der Waals surface area contributed by atoms with Gasteiger partial charge in [0.05, 0.1) is 22.4 Å². The van der Waals surface area contributed by atoms with Crippen LogP contribution in [-0.4, -0.2) is 50.2 Å². The van der Waals surface area contributed by atoms with Gasteiger partial charge in [-0.05, 0) is 47.9 Å². The summed E-state index contributed by atoms with van der Waals surface area (Å²) < 4.78 is 166. The lowest BCUT2D eigenvalue weighted by atomic mass is 9.79. The van der Waals surface area contributed by atoms with E-state index in [-0.39, 0.29) is 23.5 Å². The lowest BCUT2D eigenvalue weighted by Gasteiger charge is -2.47. The van der Waals surface area contributed by atoms with Crippen molar-refractivity contribution in [3.63, 3.8) is 0 Å². The van der Waals surface area contributed by atoms with Gasteiger partial charge in [0.1, 0.15) is 12.1 Å². The minimum Gasteiger partial charge on any atom is -0.493 e. The normalized spacial score (nSPS) is 47.1. The number of hydrogen-bond acceptors (Lipinski definition) is 6. The molecular formula is C24H38N2O4. The van der Waals surface area contributed by atoms with Crippen LogP contribution in [0.2, 0.25) is 0 Å². The first-order valence-electron chi connectivity index (χ1n) is 18.4. The molecule has 168 valence electrons. The van der Waals surface area contributed by atoms with Crippen molar-refractivity contribution < 1.29 is 43.7 Å². The smallest absolute Gasteiger partial charge is 0.323 e. The largest absolute Gasteiger partial charge is 0.493 e. The number of nitrogens with two attached hydrogens (primary N) is 1. The van der Waals surface area contributed by atoms with Gasteiger partial charge in [-0.2, -0.15) is 0 Å². The summed E-state index contributed by atoms with van der Waals surface area (Å²) in [7, 11) is -1.86. The molecule has 3 rings (SSSR count). The van der Waals surface area contributed by atoms with Crippen LogP contribution in [0.5, 0.6) is 11.5 Å². The Kier molecular flexibility index (Phi) is 2.86. The fourth-order valence-electron chi connectivity index (χ4n) is 3.28. The van der Waals surface area contributed by atoms with Crippen LogP contribution in [0.3, 0.4) is 0 Å². The minimum absolute atomic E-state index is 0.0413. The van der Waals surface area contributed by atoms with Crippen molar-refractivity contribution in [1.29, 1.82) is 0 Å². The molecule has 2 aliphatic rings. The standard InChI is InChI=1S/C24H38N2O4/c1-14(2)9-17-13-26-8-7-16-10-21(28-5)22(29-6)11-18(16)19(26)12-20(17)30-24(27)23(25)15(3)4/h10-11,14-15,17,19-20,23H,7-9,12-13,25H2,1-6H3/t17?,19?,20?,23-/m0/s1/i3D3,4D3,5D3,12D2,13D2,15D,17D,19D,20D,23D. The van der Waals surface area contributed by atoms with Crippen molar-refractivity contribution in [2.75, 3.05) is 27.2 Å². The molecule has 1 aromatic rings. The van der Waals surface area contributed by atoms with E-state index < -0.39 is 93.9 Å². The van der Waals surface area contributed by atoms with Gasteiger partial charge < -0.3 is 19.9 Å². The van der Waals surface area contributed by atoms with Crippen LogP contribution in [0.15, 0.2) is 12.1 Å². The highest BCUT2D eigenvalue weighted by Crippen LogP contribution is 2.44. The Bertz CT molecular complexity index is 1410. The zero-order chi connectivity index (χ0) is 37.7. The number of rotatable bonds is 7. The molecule has 2 N–H and O–H groups in total. The molecule has 0 aromatic heterocycles. The van der Waals surface area contributed by atoms with Crippen LogP contribution in [0.1, 0.15) is 82.2 Å². The molecule has 0 bridgehead atoms. The fourth-order valence-corrected chi connectivity index (χ4v) is 3.28. The summed E-state index contributed by atoms with van der Waals surface area (Å²) in [5, 5.41) is 0. The zero-order valence-corrected chi connectivity index (χ0v) is 17.0. The van der Waals surface area contributed by atoms with Crippen LogP contribution in [0, 0.1) is 17.7 Å². The Morgan fingerprint density at radius 1 is 1.40 bits per heavy atom. The average molecular weight is 437 g/mol. The van der Waals surface area contributed by atoms with Crippen LogP contribution >= 0.6 is 0 Å². The van der Waals surface area contributed by atoms with Crippen molar-refractivity contribution in [2.45, 2.75) is 64.9 Å². The number of nitrogens with zero attached hydrogens (tertiary/aromatic N) is 1. The molecule has 2 heterocycles.